The second kappa shape index (κ2) is 9.48. The first kappa shape index (κ1) is 20.0. The minimum atomic E-state index is -0.169. The number of thiazole rings is 1. The Morgan fingerprint density at radius 1 is 1.41 bits per heavy atom. The molecule has 1 fully saturated rings. The number of rotatable bonds is 8. The number of benzene rings is 1. The highest BCUT2D eigenvalue weighted by Crippen LogP contribution is 2.29. The Hall–Kier alpha value is -1.70. The van der Waals surface area contributed by atoms with Crippen LogP contribution in [0.5, 0.6) is 0 Å². The van der Waals surface area contributed by atoms with Gasteiger partial charge in [-0.25, -0.2) is 9.78 Å². The number of urea groups is 1. The summed E-state index contributed by atoms with van der Waals surface area (Å²) in [7, 11) is 0. The molecule has 3 rings (SSSR count). The third kappa shape index (κ3) is 5.40. The summed E-state index contributed by atoms with van der Waals surface area (Å²) in [6, 6.07) is 6.01. The van der Waals surface area contributed by atoms with Gasteiger partial charge < -0.3 is 15.7 Å². The fourth-order valence-corrected chi connectivity index (χ4v) is 4.49. The summed E-state index contributed by atoms with van der Waals surface area (Å²) < 4.78 is 1.10. The van der Waals surface area contributed by atoms with E-state index in [0.29, 0.717) is 18.5 Å². The molecular weight excluding hydrogens is 360 g/mol. The van der Waals surface area contributed by atoms with Crippen LogP contribution >= 0.6 is 11.3 Å². The Kier molecular flexibility index (Phi) is 7.04. The number of hydrogen-bond acceptors (Lipinski definition) is 5. The first-order chi connectivity index (χ1) is 13.1. The van der Waals surface area contributed by atoms with E-state index in [-0.39, 0.29) is 12.6 Å². The van der Waals surface area contributed by atoms with Gasteiger partial charge in [-0.15, -0.1) is 11.3 Å². The maximum Gasteiger partial charge on any atom is 0.319 e. The van der Waals surface area contributed by atoms with E-state index in [1.54, 1.807) is 11.3 Å². The van der Waals surface area contributed by atoms with Crippen molar-refractivity contribution in [3.05, 3.63) is 23.2 Å². The predicted octanol–water partition coefficient (Wildman–Crippen LogP) is 3.78. The third-order valence-corrected chi connectivity index (χ3v) is 6.34. The molecule has 0 spiro atoms. The monoisotopic (exact) mass is 390 g/mol. The van der Waals surface area contributed by atoms with Crippen molar-refractivity contribution in [3.8, 4) is 0 Å². The van der Waals surface area contributed by atoms with Crippen LogP contribution in [0.2, 0.25) is 0 Å². The number of carbonyl (C=O) groups excluding carboxylic acids is 1. The third-order valence-electron chi connectivity index (χ3n) is 5.02. The molecule has 1 aromatic heterocycles. The minimum absolute atomic E-state index is 0.169. The predicted molar refractivity (Wildman–Crippen MR) is 112 cm³/mol. The summed E-state index contributed by atoms with van der Waals surface area (Å²) in [5, 5.41) is 16.3. The molecule has 0 radical (unpaired) electrons. The van der Waals surface area contributed by atoms with E-state index in [4.69, 9.17) is 0 Å². The van der Waals surface area contributed by atoms with Gasteiger partial charge in [-0.3, -0.25) is 4.90 Å². The Bertz CT molecular complexity index is 762. The number of unbranched alkanes of at least 4 members (excludes halogenated alkanes) is 1. The average Bonchev–Trinajstić information content (AvgIpc) is 3.27. The van der Waals surface area contributed by atoms with E-state index >= 15 is 0 Å². The lowest BCUT2D eigenvalue weighted by atomic mass is 10.2. The van der Waals surface area contributed by atoms with E-state index < -0.39 is 0 Å². The van der Waals surface area contributed by atoms with Gasteiger partial charge in [0.1, 0.15) is 0 Å². The van der Waals surface area contributed by atoms with Crippen molar-refractivity contribution in [2.75, 3.05) is 31.6 Å². The highest BCUT2D eigenvalue weighted by atomic mass is 32.1. The van der Waals surface area contributed by atoms with Crippen LogP contribution in [-0.2, 0) is 0 Å². The van der Waals surface area contributed by atoms with Crippen molar-refractivity contribution in [1.29, 1.82) is 0 Å². The van der Waals surface area contributed by atoms with Crippen LogP contribution in [0.3, 0.4) is 0 Å². The SMILES string of the molecule is CC(C)c1nc2ccc(NC(=O)NCCCCN3CCCC3CO)cc2s1. The van der Waals surface area contributed by atoms with Gasteiger partial charge >= 0.3 is 6.03 Å². The molecule has 1 saturated heterocycles. The normalized spacial score (nSPS) is 17.7. The Morgan fingerprint density at radius 2 is 2.26 bits per heavy atom. The number of hydrogen-bond donors (Lipinski definition) is 3. The zero-order valence-electron chi connectivity index (χ0n) is 16.2. The number of aliphatic hydroxyl groups excluding tert-OH is 1. The molecular formula is C20H30N4O2S. The molecule has 0 saturated carbocycles. The fraction of sp³-hybridized carbons (Fsp3) is 0.600. The Labute approximate surface area is 165 Å². The number of nitrogens with one attached hydrogen (secondary N) is 2. The largest absolute Gasteiger partial charge is 0.395 e. The first-order valence-electron chi connectivity index (χ1n) is 9.87. The maximum absolute atomic E-state index is 12.1. The van der Waals surface area contributed by atoms with Gasteiger partial charge in [0.25, 0.3) is 0 Å². The lowest BCUT2D eigenvalue weighted by Gasteiger charge is -2.22. The van der Waals surface area contributed by atoms with Crippen molar-refractivity contribution >= 4 is 33.3 Å². The molecule has 2 heterocycles. The second-order valence-electron chi connectivity index (χ2n) is 7.49. The minimum Gasteiger partial charge on any atom is -0.395 e. The molecule has 148 valence electrons. The quantitative estimate of drug-likeness (QED) is 0.600. The topological polar surface area (TPSA) is 77.5 Å². The molecule has 7 heteroatoms. The van der Waals surface area contributed by atoms with Crippen molar-refractivity contribution in [1.82, 2.24) is 15.2 Å². The molecule has 1 atom stereocenters. The number of anilines is 1. The number of nitrogens with zero attached hydrogens (tertiary/aromatic N) is 2. The zero-order valence-corrected chi connectivity index (χ0v) is 17.0. The summed E-state index contributed by atoms with van der Waals surface area (Å²) in [6.45, 7) is 7.26. The molecule has 0 aliphatic carbocycles. The molecule has 6 nitrogen and oxygen atoms in total. The highest BCUT2D eigenvalue weighted by Gasteiger charge is 2.22. The zero-order chi connectivity index (χ0) is 19.2. The van der Waals surface area contributed by atoms with Crippen molar-refractivity contribution in [3.63, 3.8) is 0 Å². The molecule has 1 aromatic carbocycles. The van der Waals surface area contributed by atoms with Crippen LogP contribution < -0.4 is 10.6 Å². The smallest absolute Gasteiger partial charge is 0.319 e. The standard InChI is InChI=1S/C20H30N4O2S/c1-14(2)19-23-17-8-7-15(12-18(17)27-19)22-20(26)21-9-3-4-10-24-11-5-6-16(24)13-25/h7-8,12,14,16,25H,3-6,9-11,13H2,1-2H3,(H2,21,22,26). The molecule has 27 heavy (non-hydrogen) atoms. The van der Waals surface area contributed by atoms with E-state index in [9.17, 15) is 9.90 Å². The molecule has 2 aromatic rings. The van der Waals surface area contributed by atoms with Gasteiger partial charge in [0.15, 0.2) is 0 Å². The first-order valence-corrected chi connectivity index (χ1v) is 10.7. The summed E-state index contributed by atoms with van der Waals surface area (Å²) >= 11 is 1.68. The molecule has 1 unspecified atom stereocenters. The number of aromatic nitrogens is 1. The molecule has 1 aliphatic heterocycles. The summed E-state index contributed by atoms with van der Waals surface area (Å²) in [4.78, 5) is 19.1. The van der Waals surface area contributed by atoms with Crippen LogP contribution in [0, 0.1) is 0 Å². The number of aliphatic hydroxyl groups is 1. The van der Waals surface area contributed by atoms with E-state index in [2.05, 4.69) is 34.4 Å². The lowest BCUT2D eigenvalue weighted by Crippen LogP contribution is -2.34. The Balaban J connectivity index is 1.39. The second-order valence-corrected chi connectivity index (χ2v) is 8.55. The van der Waals surface area contributed by atoms with E-state index in [0.717, 1.165) is 53.3 Å². The summed E-state index contributed by atoms with van der Waals surface area (Å²) in [6.07, 6.45) is 4.24. The summed E-state index contributed by atoms with van der Waals surface area (Å²) in [5.74, 6) is 0.412. The summed E-state index contributed by atoms with van der Waals surface area (Å²) in [5.41, 5.74) is 1.78. The lowest BCUT2D eigenvalue weighted by molar-refractivity contribution is 0.157. The van der Waals surface area contributed by atoms with Gasteiger partial charge in [-0.2, -0.15) is 0 Å². The van der Waals surface area contributed by atoms with Crippen LogP contribution in [0.25, 0.3) is 10.2 Å². The average molecular weight is 391 g/mol. The number of fused-ring (bicyclic) bond motifs is 1. The van der Waals surface area contributed by atoms with Gasteiger partial charge in [0, 0.05) is 24.2 Å². The highest BCUT2D eigenvalue weighted by molar-refractivity contribution is 7.18. The number of carbonyl (C=O) groups is 1. The van der Waals surface area contributed by atoms with E-state index in [1.807, 2.05) is 18.2 Å². The van der Waals surface area contributed by atoms with Crippen LogP contribution in [-0.4, -0.2) is 53.3 Å². The molecule has 1 aliphatic rings. The molecule has 3 N–H and O–H groups in total. The van der Waals surface area contributed by atoms with Gasteiger partial charge in [0.05, 0.1) is 21.8 Å². The van der Waals surface area contributed by atoms with Crippen LogP contribution in [0.15, 0.2) is 18.2 Å². The number of amides is 2. The van der Waals surface area contributed by atoms with Gasteiger partial charge in [-0.05, 0) is 57.0 Å². The van der Waals surface area contributed by atoms with E-state index in [1.165, 1.54) is 6.42 Å². The molecule has 0 bridgehead atoms. The number of likely N-dealkylation sites (tertiary alicyclic amines) is 1. The fourth-order valence-electron chi connectivity index (χ4n) is 3.48. The van der Waals surface area contributed by atoms with Gasteiger partial charge in [-0.1, -0.05) is 13.8 Å². The van der Waals surface area contributed by atoms with Crippen molar-refractivity contribution < 1.29 is 9.90 Å². The van der Waals surface area contributed by atoms with Crippen molar-refractivity contribution in [2.24, 2.45) is 0 Å². The van der Waals surface area contributed by atoms with Crippen LogP contribution in [0.4, 0.5) is 10.5 Å². The maximum atomic E-state index is 12.1. The molecule has 2 amide bonds. The van der Waals surface area contributed by atoms with Crippen molar-refractivity contribution in [2.45, 2.75) is 51.5 Å². The Morgan fingerprint density at radius 3 is 3.04 bits per heavy atom. The van der Waals surface area contributed by atoms with Crippen LogP contribution in [0.1, 0.15) is 50.5 Å². The van der Waals surface area contributed by atoms with Gasteiger partial charge in [0.2, 0.25) is 0 Å².